The maximum absolute atomic E-state index is 12.8. The smallest absolute Gasteiger partial charge is 0.382 e. The highest BCUT2D eigenvalue weighted by Crippen LogP contribution is 2.37. The van der Waals surface area contributed by atoms with E-state index >= 15 is 0 Å². The molecule has 2 N–H and O–H groups in total. The van der Waals surface area contributed by atoms with Gasteiger partial charge in [-0.2, -0.15) is 31.6 Å². The number of halogens is 6. The molecule has 0 radical (unpaired) electrons. The highest BCUT2D eigenvalue weighted by molar-refractivity contribution is 5.97. The molecule has 11 heteroatoms. The number of amides is 1. The lowest BCUT2D eigenvalue weighted by molar-refractivity contribution is -0.143. The summed E-state index contributed by atoms with van der Waals surface area (Å²) >= 11 is 0. The van der Waals surface area contributed by atoms with E-state index in [0.717, 1.165) is 6.20 Å². The summed E-state index contributed by atoms with van der Waals surface area (Å²) in [6, 6.07) is 2.39. The standard InChI is InChI=1S/C17H17F6N3O2/c1-2-28-5-3-4-25-15(27)11(9-24)10-26-14-7-12(16(18,19)20)6-13(8-14)17(21,22)23/h6-8,10,26H,2-5H2,1H3,(H,25,27)/b11-10-. The van der Waals surface area contributed by atoms with Crippen LogP contribution in [-0.2, 0) is 21.9 Å². The van der Waals surface area contributed by atoms with Crippen molar-refractivity contribution in [3.63, 3.8) is 0 Å². The number of anilines is 1. The van der Waals surface area contributed by atoms with Crippen molar-refractivity contribution in [1.29, 1.82) is 5.26 Å². The fraction of sp³-hybridized carbons (Fsp3) is 0.412. The van der Waals surface area contributed by atoms with Gasteiger partial charge in [-0.25, -0.2) is 0 Å². The highest BCUT2D eigenvalue weighted by atomic mass is 19.4. The predicted molar refractivity (Wildman–Crippen MR) is 87.9 cm³/mol. The number of nitriles is 1. The number of benzene rings is 1. The van der Waals surface area contributed by atoms with Crippen LogP contribution in [0.25, 0.3) is 0 Å². The first-order chi connectivity index (χ1) is 13.0. The maximum atomic E-state index is 12.8. The summed E-state index contributed by atoms with van der Waals surface area (Å²) in [5.41, 5.74) is -4.12. The van der Waals surface area contributed by atoms with Crippen molar-refractivity contribution in [2.24, 2.45) is 0 Å². The van der Waals surface area contributed by atoms with Crippen LogP contribution >= 0.6 is 0 Å². The van der Waals surface area contributed by atoms with Crippen LogP contribution in [0.1, 0.15) is 24.5 Å². The molecule has 0 saturated heterocycles. The fourth-order valence-corrected chi connectivity index (χ4v) is 1.96. The molecule has 0 aromatic heterocycles. The number of alkyl halides is 6. The molecule has 5 nitrogen and oxygen atoms in total. The molecule has 0 fully saturated rings. The molecule has 1 rings (SSSR count). The van der Waals surface area contributed by atoms with Gasteiger partial charge in [0.1, 0.15) is 11.6 Å². The van der Waals surface area contributed by atoms with Crippen LogP contribution in [0.3, 0.4) is 0 Å². The van der Waals surface area contributed by atoms with E-state index in [-0.39, 0.29) is 12.6 Å². The minimum absolute atomic E-state index is 0.0226. The van der Waals surface area contributed by atoms with E-state index in [1.807, 2.05) is 0 Å². The second-order valence-electron chi connectivity index (χ2n) is 5.42. The molecule has 0 aliphatic heterocycles. The van der Waals surface area contributed by atoms with E-state index in [4.69, 9.17) is 10.00 Å². The monoisotopic (exact) mass is 409 g/mol. The Bertz CT molecular complexity index is 718. The summed E-state index contributed by atoms with van der Waals surface area (Å²) in [5, 5.41) is 13.5. The van der Waals surface area contributed by atoms with Gasteiger partial charge in [-0.3, -0.25) is 4.79 Å². The minimum atomic E-state index is -5.00. The molecule has 1 amide bonds. The topological polar surface area (TPSA) is 74.1 Å². The van der Waals surface area contributed by atoms with Crippen molar-refractivity contribution in [2.75, 3.05) is 25.1 Å². The molecule has 0 unspecified atom stereocenters. The molecule has 0 aliphatic carbocycles. The molecule has 0 bridgehead atoms. The van der Waals surface area contributed by atoms with E-state index in [9.17, 15) is 31.1 Å². The molecule has 1 aromatic rings. The van der Waals surface area contributed by atoms with E-state index in [1.165, 1.54) is 6.07 Å². The number of rotatable bonds is 8. The molecule has 0 aliphatic rings. The van der Waals surface area contributed by atoms with Gasteiger partial charge in [0.05, 0.1) is 11.1 Å². The minimum Gasteiger partial charge on any atom is -0.382 e. The Morgan fingerprint density at radius 1 is 1.14 bits per heavy atom. The predicted octanol–water partition coefficient (Wildman–Crippen LogP) is 4.09. The summed E-state index contributed by atoms with van der Waals surface area (Å²) in [6.45, 7) is 2.85. The van der Waals surface area contributed by atoms with E-state index in [1.54, 1.807) is 6.92 Å². The van der Waals surface area contributed by atoms with Crippen LogP contribution < -0.4 is 10.6 Å². The van der Waals surface area contributed by atoms with Gasteiger partial charge in [-0.1, -0.05) is 0 Å². The third-order valence-corrected chi connectivity index (χ3v) is 3.29. The van der Waals surface area contributed by atoms with Gasteiger partial charge in [-0.05, 0) is 31.5 Å². The zero-order chi connectivity index (χ0) is 21.4. The average Bonchev–Trinajstić information content (AvgIpc) is 2.60. The SMILES string of the molecule is CCOCCCNC(=O)/C(C#N)=C\Nc1cc(C(F)(F)F)cc(C(F)(F)F)c1. The van der Waals surface area contributed by atoms with Crippen molar-refractivity contribution in [2.45, 2.75) is 25.7 Å². The normalized spacial score (nSPS) is 12.4. The third kappa shape index (κ3) is 7.48. The molecule has 28 heavy (non-hydrogen) atoms. The second-order valence-corrected chi connectivity index (χ2v) is 5.42. The average molecular weight is 409 g/mol. The quantitative estimate of drug-likeness (QED) is 0.294. The van der Waals surface area contributed by atoms with Gasteiger partial charge < -0.3 is 15.4 Å². The van der Waals surface area contributed by atoms with Crippen LogP contribution in [0.2, 0.25) is 0 Å². The maximum Gasteiger partial charge on any atom is 0.416 e. The summed E-state index contributed by atoms with van der Waals surface area (Å²) in [7, 11) is 0. The molecule has 0 atom stereocenters. The number of nitrogens with one attached hydrogen (secondary N) is 2. The van der Waals surface area contributed by atoms with E-state index in [2.05, 4.69) is 10.6 Å². The first-order valence-corrected chi connectivity index (χ1v) is 8.01. The number of hydrogen-bond acceptors (Lipinski definition) is 4. The molecule has 0 heterocycles. The Kier molecular flexibility index (Phi) is 8.31. The Morgan fingerprint density at radius 2 is 1.71 bits per heavy atom. The van der Waals surface area contributed by atoms with Crippen molar-refractivity contribution in [3.8, 4) is 6.07 Å². The summed E-state index contributed by atoms with van der Waals surface area (Å²) in [6.07, 6.45) is -8.80. The summed E-state index contributed by atoms with van der Waals surface area (Å²) in [5.74, 6) is -0.825. The molecular formula is C17H17F6N3O2. The lowest BCUT2D eigenvalue weighted by Gasteiger charge is -2.14. The number of hydrogen-bond donors (Lipinski definition) is 2. The molecule has 0 saturated carbocycles. The number of carbonyl (C=O) groups is 1. The fourth-order valence-electron chi connectivity index (χ4n) is 1.96. The summed E-state index contributed by atoms with van der Waals surface area (Å²) in [4.78, 5) is 11.8. The molecule has 154 valence electrons. The number of nitrogens with zero attached hydrogens (tertiary/aromatic N) is 1. The van der Waals surface area contributed by atoms with Gasteiger partial charge >= 0.3 is 12.4 Å². The zero-order valence-electron chi connectivity index (χ0n) is 14.7. The van der Waals surface area contributed by atoms with E-state index in [0.29, 0.717) is 31.8 Å². The Morgan fingerprint density at radius 3 is 2.18 bits per heavy atom. The van der Waals surface area contributed by atoms with Gasteiger partial charge in [0, 0.05) is 31.6 Å². The first-order valence-electron chi connectivity index (χ1n) is 8.01. The molecule has 0 spiro atoms. The second kappa shape index (κ2) is 9.98. The van der Waals surface area contributed by atoms with E-state index < -0.39 is 40.6 Å². The highest BCUT2D eigenvalue weighted by Gasteiger charge is 2.36. The lowest BCUT2D eigenvalue weighted by Crippen LogP contribution is -2.26. The first kappa shape index (κ1) is 23.3. The Labute approximate surface area is 157 Å². The summed E-state index contributed by atoms with van der Waals surface area (Å²) < 4.78 is 82.0. The lowest BCUT2D eigenvalue weighted by atomic mass is 10.1. The van der Waals surface area contributed by atoms with Crippen molar-refractivity contribution >= 4 is 11.6 Å². The van der Waals surface area contributed by atoms with Crippen molar-refractivity contribution < 1.29 is 35.9 Å². The van der Waals surface area contributed by atoms with Gasteiger partial charge in [0.2, 0.25) is 0 Å². The van der Waals surface area contributed by atoms with Crippen molar-refractivity contribution in [3.05, 3.63) is 41.1 Å². The van der Waals surface area contributed by atoms with Crippen molar-refractivity contribution in [1.82, 2.24) is 5.32 Å². The van der Waals surface area contributed by atoms with Crippen LogP contribution in [0.5, 0.6) is 0 Å². The third-order valence-electron chi connectivity index (χ3n) is 3.29. The van der Waals surface area contributed by atoms with Gasteiger partial charge in [-0.15, -0.1) is 0 Å². The van der Waals surface area contributed by atoms with Crippen LogP contribution in [0.4, 0.5) is 32.0 Å². The number of carbonyl (C=O) groups excluding carboxylic acids is 1. The van der Waals surface area contributed by atoms with Crippen LogP contribution in [0.15, 0.2) is 30.0 Å². The van der Waals surface area contributed by atoms with Crippen LogP contribution in [0, 0.1) is 11.3 Å². The van der Waals surface area contributed by atoms with Gasteiger partial charge in [0.15, 0.2) is 0 Å². The zero-order valence-corrected chi connectivity index (χ0v) is 14.7. The Hall–Kier alpha value is -2.74. The molecule has 1 aromatic carbocycles. The van der Waals surface area contributed by atoms with Crippen LogP contribution in [-0.4, -0.2) is 25.7 Å². The number of ether oxygens (including phenoxy) is 1. The largest absolute Gasteiger partial charge is 0.416 e. The van der Waals surface area contributed by atoms with Gasteiger partial charge in [0.25, 0.3) is 5.91 Å². The Balaban J connectivity index is 2.95. The molecular weight excluding hydrogens is 392 g/mol.